The van der Waals surface area contributed by atoms with Gasteiger partial charge in [0.15, 0.2) is 0 Å². The van der Waals surface area contributed by atoms with Gasteiger partial charge in [-0.3, -0.25) is 11.3 Å². The van der Waals surface area contributed by atoms with E-state index < -0.39 is 0 Å². The lowest BCUT2D eigenvalue weighted by molar-refractivity contribution is 0.561. The SMILES string of the molecule is NNC(Cc1ccc(Cl)cc1Cl)c1cc2sccc2s1. The van der Waals surface area contributed by atoms with E-state index in [-0.39, 0.29) is 6.04 Å². The number of rotatable bonds is 4. The molecule has 1 atom stereocenters. The summed E-state index contributed by atoms with van der Waals surface area (Å²) >= 11 is 15.7. The number of hydrazine groups is 1. The molecule has 0 fully saturated rings. The summed E-state index contributed by atoms with van der Waals surface area (Å²) in [6, 6.07) is 9.95. The third-order valence-electron chi connectivity index (χ3n) is 3.14. The minimum atomic E-state index is 0.0540. The molecular weight excluding hydrogens is 331 g/mol. The average molecular weight is 343 g/mol. The number of hydrogen-bond acceptors (Lipinski definition) is 4. The van der Waals surface area contributed by atoms with Crippen molar-refractivity contribution in [3.05, 3.63) is 56.2 Å². The Labute approximate surface area is 135 Å². The second-order valence-electron chi connectivity index (χ2n) is 4.46. The molecule has 0 aliphatic heterocycles. The van der Waals surface area contributed by atoms with Crippen LogP contribution in [0.25, 0.3) is 9.40 Å². The van der Waals surface area contributed by atoms with E-state index in [1.807, 2.05) is 12.1 Å². The second-order valence-corrected chi connectivity index (χ2v) is 7.36. The summed E-state index contributed by atoms with van der Waals surface area (Å²) in [5.41, 5.74) is 3.92. The molecule has 3 rings (SSSR count). The zero-order valence-electron chi connectivity index (χ0n) is 10.4. The van der Waals surface area contributed by atoms with Gasteiger partial charge in [0.1, 0.15) is 0 Å². The lowest BCUT2D eigenvalue weighted by atomic mass is 10.1. The molecule has 0 saturated heterocycles. The molecule has 3 N–H and O–H groups in total. The van der Waals surface area contributed by atoms with Crippen LogP contribution in [0, 0.1) is 0 Å². The third kappa shape index (κ3) is 2.86. The van der Waals surface area contributed by atoms with Gasteiger partial charge in [0.05, 0.1) is 6.04 Å². The van der Waals surface area contributed by atoms with Gasteiger partial charge in [-0.05, 0) is 41.6 Å². The summed E-state index contributed by atoms with van der Waals surface area (Å²) in [4.78, 5) is 1.22. The maximum Gasteiger partial charge on any atom is 0.0594 e. The molecule has 0 spiro atoms. The van der Waals surface area contributed by atoms with Gasteiger partial charge in [-0.15, -0.1) is 22.7 Å². The highest BCUT2D eigenvalue weighted by atomic mass is 35.5. The summed E-state index contributed by atoms with van der Waals surface area (Å²) in [6.07, 6.45) is 0.736. The Morgan fingerprint density at radius 2 is 2.00 bits per heavy atom. The molecule has 3 aromatic rings. The van der Waals surface area contributed by atoms with Crippen molar-refractivity contribution in [2.45, 2.75) is 12.5 Å². The maximum absolute atomic E-state index is 6.23. The molecule has 0 aliphatic rings. The molecule has 1 unspecified atom stereocenters. The van der Waals surface area contributed by atoms with Crippen molar-refractivity contribution in [3.63, 3.8) is 0 Å². The van der Waals surface area contributed by atoms with Crippen LogP contribution in [0.3, 0.4) is 0 Å². The lowest BCUT2D eigenvalue weighted by Crippen LogP contribution is -2.29. The van der Waals surface area contributed by atoms with E-state index in [0.29, 0.717) is 10.0 Å². The Morgan fingerprint density at radius 3 is 2.70 bits per heavy atom. The lowest BCUT2D eigenvalue weighted by Gasteiger charge is -2.15. The number of thiophene rings is 2. The van der Waals surface area contributed by atoms with Gasteiger partial charge >= 0.3 is 0 Å². The van der Waals surface area contributed by atoms with Crippen molar-refractivity contribution in [2.75, 3.05) is 0 Å². The zero-order valence-corrected chi connectivity index (χ0v) is 13.5. The van der Waals surface area contributed by atoms with Gasteiger partial charge in [-0.25, -0.2) is 0 Å². The van der Waals surface area contributed by atoms with Gasteiger partial charge in [-0.2, -0.15) is 0 Å². The monoisotopic (exact) mass is 342 g/mol. The molecule has 0 bridgehead atoms. The Bertz CT molecular complexity index is 707. The van der Waals surface area contributed by atoms with Crippen LogP contribution in [0.2, 0.25) is 10.0 Å². The molecule has 0 aliphatic carbocycles. The number of hydrogen-bond donors (Lipinski definition) is 2. The van der Waals surface area contributed by atoms with E-state index in [4.69, 9.17) is 29.0 Å². The molecule has 0 amide bonds. The Hall–Kier alpha value is -0.620. The second kappa shape index (κ2) is 6.02. The third-order valence-corrected chi connectivity index (χ3v) is 5.94. The van der Waals surface area contributed by atoms with Crippen molar-refractivity contribution < 1.29 is 0 Å². The van der Waals surface area contributed by atoms with E-state index in [0.717, 1.165) is 12.0 Å². The Kier molecular flexibility index (Phi) is 4.31. The number of halogens is 2. The molecule has 6 heteroatoms. The smallest absolute Gasteiger partial charge is 0.0594 e. The predicted molar refractivity (Wildman–Crippen MR) is 89.9 cm³/mol. The van der Waals surface area contributed by atoms with Crippen LogP contribution in [0.15, 0.2) is 35.7 Å². The summed E-state index contributed by atoms with van der Waals surface area (Å²) in [7, 11) is 0. The largest absolute Gasteiger partial charge is 0.271 e. The Balaban J connectivity index is 1.88. The molecule has 2 heterocycles. The fourth-order valence-corrected chi connectivity index (χ4v) is 4.77. The van der Waals surface area contributed by atoms with Crippen molar-refractivity contribution in [2.24, 2.45) is 5.84 Å². The normalized spacial score (nSPS) is 12.9. The topological polar surface area (TPSA) is 38.0 Å². The molecule has 1 aromatic carbocycles. The fourth-order valence-electron chi connectivity index (χ4n) is 2.10. The molecule has 2 aromatic heterocycles. The van der Waals surface area contributed by atoms with Gasteiger partial charge in [-0.1, -0.05) is 29.3 Å². The van der Waals surface area contributed by atoms with Crippen molar-refractivity contribution in [1.82, 2.24) is 5.43 Å². The fraction of sp³-hybridized carbons (Fsp3) is 0.143. The van der Waals surface area contributed by atoms with Crippen LogP contribution in [-0.4, -0.2) is 0 Å². The molecule has 0 saturated carbocycles. The quantitative estimate of drug-likeness (QED) is 0.516. The van der Waals surface area contributed by atoms with Gasteiger partial charge in [0, 0.05) is 24.3 Å². The van der Waals surface area contributed by atoms with Gasteiger partial charge in [0.2, 0.25) is 0 Å². The first-order valence-corrected chi connectivity index (χ1v) is 8.49. The molecule has 0 radical (unpaired) electrons. The highest BCUT2D eigenvalue weighted by Gasteiger charge is 2.16. The van der Waals surface area contributed by atoms with Crippen molar-refractivity contribution in [3.8, 4) is 0 Å². The molecule has 104 valence electrons. The number of fused-ring (bicyclic) bond motifs is 1. The number of benzene rings is 1. The van der Waals surface area contributed by atoms with E-state index in [1.165, 1.54) is 14.3 Å². The predicted octanol–water partition coefficient (Wildman–Crippen LogP) is 5.02. The first kappa shape index (κ1) is 14.3. The van der Waals surface area contributed by atoms with Crippen LogP contribution in [0.1, 0.15) is 16.5 Å². The van der Waals surface area contributed by atoms with Gasteiger partial charge in [0.25, 0.3) is 0 Å². The summed E-state index contributed by atoms with van der Waals surface area (Å²) in [6.45, 7) is 0. The summed E-state index contributed by atoms with van der Waals surface area (Å²) in [5, 5.41) is 3.43. The zero-order chi connectivity index (χ0) is 14.1. The summed E-state index contributed by atoms with van der Waals surface area (Å²) in [5.74, 6) is 5.71. The van der Waals surface area contributed by atoms with Crippen molar-refractivity contribution in [1.29, 1.82) is 0 Å². The van der Waals surface area contributed by atoms with Crippen molar-refractivity contribution >= 4 is 55.3 Å². The van der Waals surface area contributed by atoms with Crippen LogP contribution in [-0.2, 0) is 6.42 Å². The van der Waals surface area contributed by atoms with Crippen LogP contribution in [0.4, 0.5) is 0 Å². The van der Waals surface area contributed by atoms with Crippen LogP contribution in [0.5, 0.6) is 0 Å². The van der Waals surface area contributed by atoms with E-state index in [2.05, 4.69) is 22.9 Å². The first-order chi connectivity index (χ1) is 9.67. The minimum Gasteiger partial charge on any atom is -0.271 e. The highest BCUT2D eigenvalue weighted by molar-refractivity contribution is 7.26. The van der Waals surface area contributed by atoms with Crippen LogP contribution >= 0.6 is 45.9 Å². The number of nitrogens with one attached hydrogen (secondary N) is 1. The summed E-state index contributed by atoms with van der Waals surface area (Å²) < 4.78 is 2.60. The van der Waals surface area contributed by atoms with E-state index >= 15 is 0 Å². The maximum atomic E-state index is 6.23. The standard InChI is InChI=1S/C14H12Cl2N2S2/c15-9-2-1-8(10(16)6-9)5-11(18-17)13-7-14-12(20-13)3-4-19-14/h1-4,6-7,11,18H,5,17H2. The molecule has 20 heavy (non-hydrogen) atoms. The Morgan fingerprint density at radius 1 is 1.15 bits per heavy atom. The highest BCUT2D eigenvalue weighted by Crippen LogP contribution is 2.35. The average Bonchev–Trinajstić information content (AvgIpc) is 2.98. The number of nitrogens with two attached hydrogens (primary N) is 1. The first-order valence-electron chi connectivity index (χ1n) is 6.04. The molecular formula is C14H12Cl2N2S2. The molecule has 2 nitrogen and oxygen atoms in total. The minimum absolute atomic E-state index is 0.0540. The van der Waals surface area contributed by atoms with Crippen LogP contribution < -0.4 is 11.3 Å². The van der Waals surface area contributed by atoms with Gasteiger partial charge < -0.3 is 0 Å². The van der Waals surface area contributed by atoms with E-state index in [1.54, 1.807) is 28.7 Å². The van der Waals surface area contributed by atoms with E-state index in [9.17, 15) is 0 Å².